The summed E-state index contributed by atoms with van der Waals surface area (Å²) in [6, 6.07) is 3.24. The summed E-state index contributed by atoms with van der Waals surface area (Å²) < 4.78 is 4.68. The molecule has 1 heterocycles. The quantitative estimate of drug-likeness (QED) is 0.587. The largest absolute Gasteiger partial charge is 0.364 e. The van der Waals surface area contributed by atoms with Crippen molar-refractivity contribution in [2.75, 3.05) is 13.8 Å². The number of aromatic nitrogens is 1. The van der Waals surface area contributed by atoms with Crippen molar-refractivity contribution in [1.29, 1.82) is 0 Å². The van der Waals surface area contributed by atoms with Gasteiger partial charge in [-0.1, -0.05) is 11.6 Å². The summed E-state index contributed by atoms with van der Waals surface area (Å²) in [5.74, 6) is -0.292. The first kappa shape index (κ1) is 9.95. The number of amides is 1. The van der Waals surface area contributed by atoms with E-state index in [4.69, 9.17) is 11.6 Å². The molecule has 1 amide bonds. The normalized spacial score (nSPS) is 9.69. The summed E-state index contributed by atoms with van der Waals surface area (Å²) in [5, 5.41) is 2.69. The Bertz CT molecular complexity index is 304. The van der Waals surface area contributed by atoms with E-state index in [2.05, 4.69) is 15.0 Å². The molecule has 0 radical (unpaired) electrons. The molecule has 1 N–H and O–H groups in total. The van der Waals surface area contributed by atoms with E-state index in [1.54, 1.807) is 12.1 Å². The molecule has 0 atom stereocenters. The highest BCUT2D eigenvalue weighted by molar-refractivity contribution is 6.32. The van der Waals surface area contributed by atoms with Gasteiger partial charge in [0.2, 0.25) is 0 Å². The van der Waals surface area contributed by atoms with Gasteiger partial charge in [0.25, 0.3) is 5.91 Å². The molecule has 1 aromatic rings. The maximum Gasteiger partial charge on any atom is 0.256 e. The van der Waals surface area contributed by atoms with Crippen LogP contribution < -0.4 is 5.32 Å². The van der Waals surface area contributed by atoms with Crippen LogP contribution in [0.4, 0.5) is 0 Å². The highest BCUT2D eigenvalue weighted by Gasteiger charge is 2.08. The molecule has 0 aliphatic rings. The fraction of sp³-hybridized carbons (Fsp3) is 0.250. The first-order chi connectivity index (χ1) is 6.25. The smallest absolute Gasteiger partial charge is 0.256 e. The van der Waals surface area contributed by atoms with E-state index >= 15 is 0 Å². The zero-order valence-corrected chi connectivity index (χ0v) is 7.84. The highest BCUT2D eigenvalue weighted by Crippen LogP contribution is 2.10. The number of carbonyl (C=O) groups is 1. The second-order valence-corrected chi connectivity index (χ2v) is 2.64. The van der Waals surface area contributed by atoms with Crippen molar-refractivity contribution in [3.8, 4) is 0 Å². The van der Waals surface area contributed by atoms with Crippen LogP contribution in [0.5, 0.6) is 0 Å². The van der Waals surface area contributed by atoms with Crippen molar-refractivity contribution in [3.63, 3.8) is 0 Å². The van der Waals surface area contributed by atoms with Crippen LogP contribution in [0.15, 0.2) is 18.3 Å². The summed E-state index contributed by atoms with van der Waals surface area (Å²) in [6.07, 6.45) is 1.52. The van der Waals surface area contributed by atoms with Gasteiger partial charge in [0.15, 0.2) is 0 Å². The number of hydrogen-bond acceptors (Lipinski definition) is 3. The number of nitrogens with one attached hydrogen (secondary N) is 1. The van der Waals surface area contributed by atoms with E-state index in [-0.39, 0.29) is 17.8 Å². The van der Waals surface area contributed by atoms with Gasteiger partial charge in [-0.05, 0) is 12.1 Å². The number of nitrogens with zero attached hydrogens (tertiary/aromatic N) is 1. The van der Waals surface area contributed by atoms with Crippen LogP contribution in [0.25, 0.3) is 0 Å². The molecule has 4 nitrogen and oxygen atoms in total. The Labute approximate surface area is 80.9 Å². The van der Waals surface area contributed by atoms with Gasteiger partial charge in [-0.2, -0.15) is 0 Å². The van der Waals surface area contributed by atoms with Gasteiger partial charge in [0, 0.05) is 13.3 Å². The van der Waals surface area contributed by atoms with Crippen LogP contribution in [0.2, 0.25) is 5.15 Å². The molecular weight excluding hydrogens is 192 g/mol. The number of pyridine rings is 1. The van der Waals surface area contributed by atoms with Gasteiger partial charge in [0.1, 0.15) is 11.9 Å². The summed E-state index contributed by atoms with van der Waals surface area (Å²) in [4.78, 5) is 15.1. The van der Waals surface area contributed by atoms with E-state index in [0.717, 1.165) is 0 Å². The summed E-state index contributed by atoms with van der Waals surface area (Å²) in [6.45, 7) is 0.157. The second kappa shape index (κ2) is 4.79. The molecule has 0 aliphatic carbocycles. The predicted octanol–water partition coefficient (Wildman–Crippen LogP) is 1.07. The Morgan fingerprint density at radius 1 is 1.77 bits per heavy atom. The number of ether oxygens (including phenoxy) is 1. The summed E-state index contributed by atoms with van der Waals surface area (Å²) in [5.41, 5.74) is 0.348. The number of halogens is 1. The van der Waals surface area contributed by atoms with Crippen LogP contribution in [-0.2, 0) is 4.74 Å². The van der Waals surface area contributed by atoms with Crippen LogP contribution >= 0.6 is 11.6 Å². The van der Waals surface area contributed by atoms with E-state index in [1.807, 2.05) is 0 Å². The van der Waals surface area contributed by atoms with Gasteiger partial charge in [-0.25, -0.2) is 4.98 Å². The van der Waals surface area contributed by atoms with Crippen molar-refractivity contribution in [1.82, 2.24) is 10.3 Å². The Morgan fingerprint density at radius 3 is 3.15 bits per heavy atom. The van der Waals surface area contributed by atoms with Gasteiger partial charge in [-0.15, -0.1) is 0 Å². The second-order valence-electron chi connectivity index (χ2n) is 2.28. The third-order valence-electron chi connectivity index (χ3n) is 1.38. The molecule has 0 fully saturated rings. The van der Waals surface area contributed by atoms with Gasteiger partial charge in [-0.3, -0.25) is 4.79 Å². The lowest BCUT2D eigenvalue weighted by Crippen LogP contribution is -2.25. The minimum Gasteiger partial charge on any atom is -0.364 e. The molecule has 1 rings (SSSR count). The van der Waals surface area contributed by atoms with Crippen LogP contribution in [-0.4, -0.2) is 24.7 Å². The lowest BCUT2D eigenvalue weighted by atomic mass is 10.3. The third-order valence-corrected chi connectivity index (χ3v) is 1.68. The van der Waals surface area contributed by atoms with Crippen molar-refractivity contribution in [2.24, 2.45) is 0 Å². The zero-order valence-electron chi connectivity index (χ0n) is 7.08. The molecule has 1 aromatic heterocycles. The number of carbonyl (C=O) groups excluding carboxylic acids is 1. The highest BCUT2D eigenvalue weighted by atomic mass is 35.5. The first-order valence-corrected chi connectivity index (χ1v) is 4.01. The lowest BCUT2D eigenvalue weighted by molar-refractivity contribution is 0.0872. The molecule has 0 aliphatic heterocycles. The van der Waals surface area contributed by atoms with Crippen molar-refractivity contribution >= 4 is 17.5 Å². The van der Waals surface area contributed by atoms with Gasteiger partial charge >= 0.3 is 0 Å². The van der Waals surface area contributed by atoms with Gasteiger partial charge in [0.05, 0.1) is 5.56 Å². The fourth-order valence-corrected chi connectivity index (χ4v) is 0.994. The molecule has 0 unspecified atom stereocenters. The topological polar surface area (TPSA) is 51.2 Å². The summed E-state index contributed by atoms with van der Waals surface area (Å²) >= 11 is 5.69. The van der Waals surface area contributed by atoms with Crippen molar-refractivity contribution in [3.05, 3.63) is 29.0 Å². The molecule has 0 bridgehead atoms. The van der Waals surface area contributed by atoms with E-state index < -0.39 is 0 Å². The molecule has 0 saturated carbocycles. The summed E-state index contributed by atoms with van der Waals surface area (Å²) in [7, 11) is 1.49. The number of rotatable bonds is 3. The van der Waals surface area contributed by atoms with Crippen molar-refractivity contribution in [2.45, 2.75) is 0 Å². The lowest BCUT2D eigenvalue weighted by Gasteiger charge is -2.03. The average Bonchev–Trinajstić information content (AvgIpc) is 2.15. The molecule has 0 saturated heterocycles. The predicted molar refractivity (Wildman–Crippen MR) is 48.6 cm³/mol. The Balaban J connectivity index is 2.71. The molecular formula is C8H9ClN2O2. The van der Waals surface area contributed by atoms with Crippen molar-refractivity contribution < 1.29 is 9.53 Å². The third kappa shape index (κ3) is 2.68. The Kier molecular flexibility index (Phi) is 3.67. The maximum atomic E-state index is 11.3. The molecule has 13 heavy (non-hydrogen) atoms. The van der Waals surface area contributed by atoms with Gasteiger partial charge < -0.3 is 10.1 Å². The maximum absolute atomic E-state index is 11.3. The zero-order chi connectivity index (χ0) is 9.68. The van der Waals surface area contributed by atoms with E-state index in [0.29, 0.717) is 5.56 Å². The number of hydrogen-bond donors (Lipinski definition) is 1. The minimum atomic E-state index is -0.292. The van der Waals surface area contributed by atoms with Crippen LogP contribution in [0.3, 0.4) is 0 Å². The SMILES string of the molecule is COCNC(=O)c1cccnc1Cl. The van der Waals surface area contributed by atoms with E-state index in [9.17, 15) is 4.79 Å². The average molecular weight is 201 g/mol. The molecule has 5 heteroatoms. The Morgan fingerprint density at radius 2 is 2.54 bits per heavy atom. The van der Waals surface area contributed by atoms with E-state index in [1.165, 1.54) is 13.3 Å². The molecule has 0 aromatic carbocycles. The Hall–Kier alpha value is -1.13. The standard InChI is InChI=1S/C8H9ClN2O2/c1-13-5-11-8(12)6-3-2-4-10-7(6)9/h2-4H,5H2,1H3,(H,11,12). The number of methoxy groups -OCH3 is 1. The molecule has 0 spiro atoms. The minimum absolute atomic E-state index is 0.157. The van der Waals surface area contributed by atoms with Crippen LogP contribution in [0.1, 0.15) is 10.4 Å². The molecule has 70 valence electrons. The van der Waals surface area contributed by atoms with Crippen LogP contribution in [0, 0.1) is 0 Å². The monoisotopic (exact) mass is 200 g/mol. The fourth-order valence-electron chi connectivity index (χ4n) is 0.788. The first-order valence-electron chi connectivity index (χ1n) is 3.63.